The van der Waals surface area contributed by atoms with Crippen LogP contribution in [0.15, 0.2) is 36.4 Å². The van der Waals surface area contributed by atoms with Gasteiger partial charge in [0.05, 0.1) is 37.8 Å². The van der Waals surface area contributed by atoms with Crippen molar-refractivity contribution < 1.29 is 23.8 Å². The van der Waals surface area contributed by atoms with Crippen molar-refractivity contribution in [1.82, 2.24) is 9.80 Å². The van der Waals surface area contributed by atoms with Gasteiger partial charge in [0.1, 0.15) is 0 Å². The van der Waals surface area contributed by atoms with Crippen molar-refractivity contribution in [3.8, 4) is 17.2 Å². The van der Waals surface area contributed by atoms with Gasteiger partial charge in [-0.2, -0.15) is 0 Å². The highest BCUT2D eigenvalue weighted by Gasteiger charge is 2.43. The monoisotopic (exact) mass is 486 g/mol. The summed E-state index contributed by atoms with van der Waals surface area (Å²) in [4.78, 5) is 30.7. The van der Waals surface area contributed by atoms with Gasteiger partial charge >= 0.3 is 0 Å². The van der Waals surface area contributed by atoms with Gasteiger partial charge in [0.25, 0.3) is 5.91 Å². The number of piperidine rings is 1. The fourth-order valence-corrected chi connectivity index (χ4v) is 5.24. The summed E-state index contributed by atoms with van der Waals surface area (Å²) in [5.74, 6) is 0.885. The molecule has 8 heteroatoms. The number of benzene rings is 2. The number of likely N-dealkylation sites (tertiary alicyclic amines) is 2. The van der Waals surface area contributed by atoms with Crippen LogP contribution in [0.5, 0.6) is 17.2 Å². The first-order valence-electron chi connectivity index (χ1n) is 11.6. The highest BCUT2D eigenvalue weighted by molar-refractivity contribution is 6.33. The number of amides is 2. The van der Waals surface area contributed by atoms with Crippen molar-refractivity contribution in [2.75, 3.05) is 47.5 Å². The van der Waals surface area contributed by atoms with Gasteiger partial charge < -0.3 is 24.0 Å². The van der Waals surface area contributed by atoms with Gasteiger partial charge in [0, 0.05) is 32.1 Å². The number of halogens is 1. The lowest BCUT2D eigenvalue weighted by atomic mass is 9.87. The van der Waals surface area contributed by atoms with Gasteiger partial charge in [-0.25, -0.2) is 0 Å². The molecular weight excluding hydrogens is 456 g/mol. The molecule has 2 heterocycles. The Morgan fingerprint density at radius 1 is 0.882 bits per heavy atom. The Balaban J connectivity index is 1.71. The van der Waals surface area contributed by atoms with Crippen molar-refractivity contribution in [3.63, 3.8) is 0 Å². The van der Waals surface area contributed by atoms with Crippen molar-refractivity contribution in [2.24, 2.45) is 5.92 Å². The standard InChI is InChI=1S/C26H31ClN2O5/c1-32-22-13-17(14-23(33-2)24(22)34-3)19-15-29(25(30)18-9-5-6-10-21(18)27)16-20(19)26(31)28-11-7-4-8-12-28/h5-6,9-10,13-14,19-20H,4,7-8,11-12,15-16H2,1-3H3/t19-,20+/m0/s1. The van der Waals surface area contributed by atoms with Crippen LogP contribution in [0.4, 0.5) is 0 Å². The second-order valence-electron chi connectivity index (χ2n) is 8.75. The number of hydrogen-bond donors (Lipinski definition) is 0. The quantitative estimate of drug-likeness (QED) is 0.611. The molecule has 2 aliphatic rings. The van der Waals surface area contributed by atoms with E-state index in [-0.39, 0.29) is 23.7 Å². The number of carbonyl (C=O) groups excluding carboxylic acids is 2. The Kier molecular flexibility index (Phi) is 7.51. The third-order valence-corrected chi connectivity index (χ3v) is 7.14. The summed E-state index contributed by atoms with van der Waals surface area (Å²) in [5.41, 5.74) is 1.32. The van der Waals surface area contributed by atoms with Crippen LogP contribution in [0.2, 0.25) is 5.02 Å². The minimum Gasteiger partial charge on any atom is -0.493 e. The molecule has 182 valence electrons. The molecule has 2 amide bonds. The van der Waals surface area contributed by atoms with Crippen LogP contribution in [-0.2, 0) is 4.79 Å². The van der Waals surface area contributed by atoms with Gasteiger partial charge in [0.15, 0.2) is 11.5 Å². The molecule has 0 unspecified atom stereocenters. The molecule has 0 aliphatic carbocycles. The lowest BCUT2D eigenvalue weighted by molar-refractivity contribution is -0.136. The lowest BCUT2D eigenvalue weighted by Crippen LogP contribution is -2.42. The second-order valence-corrected chi connectivity index (χ2v) is 9.15. The molecule has 2 atom stereocenters. The minimum absolute atomic E-state index is 0.0907. The number of methoxy groups -OCH3 is 3. The fraction of sp³-hybridized carbons (Fsp3) is 0.462. The van der Waals surface area contributed by atoms with Gasteiger partial charge in [-0.3, -0.25) is 9.59 Å². The first-order valence-corrected chi connectivity index (χ1v) is 12.0. The number of hydrogen-bond acceptors (Lipinski definition) is 5. The van der Waals surface area contributed by atoms with Gasteiger partial charge in [0.2, 0.25) is 11.7 Å². The molecule has 0 bridgehead atoms. The molecular formula is C26H31ClN2O5. The average molecular weight is 487 g/mol. The molecule has 2 aromatic carbocycles. The Morgan fingerprint density at radius 2 is 1.53 bits per heavy atom. The number of nitrogens with zero attached hydrogens (tertiary/aromatic N) is 2. The zero-order valence-corrected chi connectivity index (χ0v) is 20.6. The Hall–Kier alpha value is -2.93. The van der Waals surface area contributed by atoms with E-state index in [4.69, 9.17) is 25.8 Å². The van der Waals surface area contributed by atoms with Crippen LogP contribution < -0.4 is 14.2 Å². The molecule has 4 rings (SSSR count). The highest BCUT2D eigenvalue weighted by Crippen LogP contribution is 2.44. The third kappa shape index (κ3) is 4.67. The molecule has 2 saturated heterocycles. The molecule has 7 nitrogen and oxygen atoms in total. The van der Waals surface area contributed by atoms with Crippen LogP contribution in [0.1, 0.15) is 41.1 Å². The summed E-state index contributed by atoms with van der Waals surface area (Å²) in [6.45, 7) is 2.25. The van der Waals surface area contributed by atoms with E-state index in [2.05, 4.69) is 0 Å². The summed E-state index contributed by atoms with van der Waals surface area (Å²) in [6.07, 6.45) is 3.16. The van der Waals surface area contributed by atoms with Crippen LogP contribution >= 0.6 is 11.6 Å². The molecule has 0 radical (unpaired) electrons. The Labute approximate surface area is 205 Å². The second kappa shape index (κ2) is 10.6. The van der Waals surface area contributed by atoms with Crippen molar-refractivity contribution in [2.45, 2.75) is 25.2 Å². The van der Waals surface area contributed by atoms with E-state index >= 15 is 0 Å². The van der Waals surface area contributed by atoms with Crippen LogP contribution in [-0.4, -0.2) is 69.1 Å². The topological polar surface area (TPSA) is 68.3 Å². The molecule has 34 heavy (non-hydrogen) atoms. The van der Waals surface area contributed by atoms with Crippen molar-refractivity contribution in [3.05, 3.63) is 52.5 Å². The molecule has 0 saturated carbocycles. The Bertz CT molecular complexity index is 1030. The maximum Gasteiger partial charge on any atom is 0.255 e. The van der Waals surface area contributed by atoms with Crippen LogP contribution in [0.25, 0.3) is 0 Å². The predicted molar refractivity (Wildman–Crippen MR) is 130 cm³/mol. The van der Waals surface area contributed by atoms with Gasteiger partial charge in [-0.15, -0.1) is 0 Å². The van der Waals surface area contributed by atoms with Gasteiger partial charge in [-0.1, -0.05) is 23.7 Å². The summed E-state index contributed by atoms with van der Waals surface area (Å²) in [5, 5.41) is 0.405. The van der Waals surface area contributed by atoms with Crippen molar-refractivity contribution >= 4 is 23.4 Å². The largest absolute Gasteiger partial charge is 0.493 e. The van der Waals surface area contributed by atoms with E-state index in [9.17, 15) is 9.59 Å². The summed E-state index contributed by atoms with van der Waals surface area (Å²) in [6, 6.07) is 10.8. The molecule has 2 fully saturated rings. The van der Waals surface area contributed by atoms with E-state index in [0.29, 0.717) is 40.9 Å². The molecule has 2 aliphatic heterocycles. The zero-order valence-electron chi connectivity index (χ0n) is 19.9. The average Bonchev–Trinajstić information content (AvgIpc) is 3.33. The normalized spacial score (nSPS) is 20.2. The zero-order chi connectivity index (χ0) is 24.2. The minimum atomic E-state index is -0.368. The summed E-state index contributed by atoms with van der Waals surface area (Å²) in [7, 11) is 4.70. The smallest absolute Gasteiger partial charge is 0.255 e. The lowest BCUT2D eigenvalue weighted by Gasteiger charge is -2.31. The SMILES string of the molecule is COc1cc([C@@H]2CN(C(=O)c3ccccc3Cl)C[C@H]2C(=O)N2CCCCC2)cc(OC)c1OC. The van der Waals surface area contributed by atoms with Crippen molar-refractivity contribution in [1.29, 1.82) is 0 Å². The van der Waals surface area contributed by atoms with Crippen LogP contribution in [0, 0.1) is 5.92 Å². The molecule has 0 N–H and O–H groups in total. The fourth-order valence-electron chi connectivity index (χ4n) is 5.03. The molecule has 0 aromatic heterocycles. The summed E-state index contributed by atoms with van der Waals surface area (Å²) >= 11 is 6.31. The number of ether oxygens (including phenoxy) is 3. The first-order chi connectivity index (χ1) is 16.5. The van der Waals surface area contributed by atoms with E-state index in [1.807, 2.05) is 17.0 Å². The maximum absolute atomic E-state index is 13.7. The third-order valence-electron chi connectivity index (χ3n) is 6.81. The predicted octanol–water partition coefficient (Wildman–Crippen LogP) is 4.23. The Morgan fingerprint density at radius 3 is 2.12 bits per heavy atom. The van der Waals surface area contributed by atoms with E-state index in [1.54, 1.807) is 50.5 Å². The van der Waals surface area contributed by atoms with E-state index in [1.165, 1.54) is 0 Å². The van der Waals surface area contributed by atoms with Gasteiger partial charge in [-0.05, 0) is 49.1 Å². The van der Waals surface area contributed by atoms with Crippen LogP contribution in [0.3, 0.4) is 0 Å². The maximum atomic E-state index is 13.7. The summed E-state index contributed by atoms with van der Waals surface area (Å²) < 4.78 is 16.6. The first kappa shape index (κ1) is 24.2. The molecule has 2 aromatic rings. The van der Waals surface area contributed by atoms with E-state index in [0.717, 1.165) is 37.9 Å². The number of carbonyl (C=O) groups is 2. The number of rotatable bonds is 6. The molecule has 0 spiro atoms. The van der Waals surface area contributed by atoms with E-state index < -0.39 is 0 Å². The highest BCUT2D eigenvalue weighted by atomic mass is 35.5.